The second kappa shape index (κ2) is 5.09. The summed E-state index contributed by atoms with van der Waals surface area (Å²) in [5.41, 5.74) is 4.34. The van der Waals surface area contributed by atoms with Gasteiger partial charge in [0.2, 0.25) is 0 Å². The lowest BCUT2D eigenvalue weighted by Gasteiger charge is -2.22. The van der Waals surface area contributed by atoms with Crippen molar-refractivity contribution < 1.29 is 0 Å². The predicted molar refractivity (Wildman–Crippen MR) is 92.8 cm³/mol. The first-order valence-corrected chi connectivity index (χ1v) is 8.70. The van der Waals surface area contributed by atoms with Gasteiger partial charge in [0.05, 0.1) is 11.6 Å². The van der Waals surface area contributed by atoms with Crippen molar-refractivity contribution in [3.05, 3.63) is 40.7 Å². The van der Waals surface area contributed by atoms with Crippen LogP contribution in [0.25, 0.3) is 10.3 Å². The number of nitrogens with one attached hydrogen (secondary N) is 1. The predicted octanol–water partition coefficient (Wildman–Crippen LogP) is 4.03. The molecule has 3 heterocycles. The van der Waals surface area contributed by atoms with E-state index in [1.54, 1.807) is 17.7 Å². The summed E-state index contributed by atoms with van der Waals surface area (Å²) in [6.07, 6.45) is 7.35. The molecule has 3 aromatic rings. The molecular formula is C17H15N5S. The normalized spacial score (nSPS) is 16.5. The molecule has 0 unspecified atom stereocenters. The molecule has 0 radical (unpaired) electrons. The number of anilines is 2. The lowest BCUT2D eigenvalue weighted by atomic mass is 9.86. The maximum atomic E-state index is 4.81. The number of thiazole rings is 1. The van der Waals surface area contributed by atoms with Crippen molar-refractivity contribution in [2.75, 3.05) is 5.32 Å². The molecule has 1 aliphatic heterocycles. The van der Waals surface area contributed by atoms with E-state index in [0.29, 0.717) is 5.92 Å². The highest BCUT2D eigenvalue weighted by atomic mass is 32.1. The molecule has 0 saturated heterocycles. The Morgan fingerprint density at radius 2 is 2.13 bits per heavy atom. The van der Waals surface area contributed by atoms with Crippen LogP contribution in [0.3, 0.4) is 0 Å². The van der Waals surface area contributed by atoms with Gasteiger partial charge < -0.3 is 5.32 Å². The second-order valence-corrected chi connectivity index (χ2v) is 7.07. The zero-order valence-electron chi connectivity index (χ0n) is 12.5. The average molecular weight is 321 g/mol. The Bertz CT molecular complexity index is 926. The molecule has 5 nitrogen and oxygen atoms in total. The number of hydrogen-bond donors (Lipinski definition) is 1. The average Bonchev–Trinajstić information content (AvgIpc) is 3.11. The monoisotopic (exact) mass is 321 g/mol. The fourth-order valence-electron chi connectivity index (χ4n) is 3.01. The Kier molecular flexibility index (Phi) is 2.91. The molecule has 1 aliphatic carbocycles. The lowest BCUT2D eigenvalue weighted by Crippen LogP contribution is -2.07. The van der Waals surface area contributed by atoms with E-state index in [9.17, 15) is 0 Å². The van der Waals surface area contributed by atoms with Gasteiger partial charge in [-0.2, -0.15) is 0 Å². The van der Waals surface area contributed by atoms with E-state index < -0.39 is 0 Å². The lowest BCUT2D eigenvalue weighted by molar-refractivity contribution is 0.419. The minimum atomic E-state index is 0.623. The van der Waals surface area contributed by atoms with Crippen molar-refractivity contribution in [1.29, 1.82) is 0 Å². The molecule has 2 aromatic heterocycles. The van der Waals surface area contributed by atoms with Gasteiger partial charge in [-0.15, -0.1) is 0 Å². The summed E-state index contributed by atoms with van der Waals surface area (Å²) in [5, 5.41) is 4.60. The van der Waals surface area contributed by atoms with Crippen LogP contribution in [0.1, 0.15) is 41.3 Å². The summed E-state index contributed by atoms with van der Waals surface area (Å²) in [6, 6.07) is 6.30. The first-order valence-electron chi connectivity index (χ1n) is 7.88. The Morgan fingerprint density at radius 3 is 3.00 bits per heavy atom. The van der Waals surface area contributed by atoms with E-state index >= 15 is 0 Å². The van der Waals surface area contributed by atoms with Crippen LogP contribution in [0.4, 0.5) is 11.5 Å². The Labute approximate surface area is 137 Å². The minimum absolute atomic E-state index is 0.623. The third kappa shape index (κ3) is 2.21. The second-order valence-electron chi connectivity index (χ2n) is 6.06. The molecule has 1 N–H and O–H groups in total. The minimum Gasteiger partial charge on any atom is -0.338 e. The van der Waals surface area contributed by atoms with E-state index in [4.69, 9.17) is 4.98 Å². The molecule has 6 heteroatoms. The van der Waals surface area contributed by atoms with Gasteiger partial charge in [-0.1, -0.05) is 23.8 Å². The van der Waals surface area contributed by atoms with Crippen molar-refractivity contribution in [1.82, 2.24) is 15.0 Å². The highest BCUT2D eigenvalue weighted by Gasteiger charge is 2.24. The van der Waals surface area contributed by atoms with Gasteiger partial charge in [0.15, 0.2) is 5.82 Å². The molecule has 0 spiro atoms. The number of aromatic nitrogens is 3. The molecule has 1 aromatic carbocycles. The van der Waals surface area contributed by atoms with E-state index in [2.05, 4.69) is 38.5 Å². The molecule has 114 valence electrons. The maximum Gasteiger partial charge on any atom is 0.161 e. The van der Waals surface area contributed by atoms with Crippen LogP contribution in [0.15, 0.2) is 29.5 Å². The quantitative estimate of drug-likeness (QED) is 0.791. The van der Waals surface area contributed by atoms with E-state index in [0.717, 1.165) is 28.4 Å². The van der Waals surface area contributed by atoms with Gasteiger partial charge in [-0.3, -0.25) is 4.99 Å². The van der Waals surface area contributed by atoms with E-state index in [-0.39, 0.29) is 0 Å². The molecule has 2 aliphatic rings. The summed E-state index contributed by atoms with van der Waals surface area (Å²) in [5.74, 6) is 1.41. The SMILES string of the molecule is C1=NCc2ccc(Nc3ncnc4sc(C5CCC5)nc34)cc21. The highest BCUT2D eigenvalue weighted by molar-refractivity contribution is 7.18. The van der Waals surface area contributed by atoms with Crippen LogP contribution < -0.4 is 5.32 Å². The van der Waals surface area contributed by atoms with Crippen LogP contribution >= 0.6 is 11.3 Å². The van der Waals surface area contributed by atoms with Crippen LogP contribution in [0, 0.1) is 0 Å². The number of nitrogens with zero attached hydrogens (tertiary/aromatic N) is 4. The first kappa shape index (κ1) is 13.1. The molecule has 5 rings (SSSR count). The van der Waals surface area contributed by atoms with Crippen LogP contribution in [0.2, 0.25) is 0 Å². The summed E-state index contributed by atoms with van der Waals surface area (Å²) in [4.78, 5) is 18.9. The fraction of sp³-hybridized carbons (Fsp3) is 0.294. The largest absolute Gasteiger partial charge is 0.338 e. The molecule has 0 atom stereocenters. The molecular weight excluding hydrogens is 306 g/mol. The zero-order valence-corrected chi connectivity index (χ0v) is 13.3. The van der Waals surface area contributed by atoms with Gasteiger partial charge in [0.25, 0.3) is 0 Å². The van der Waals surface area contributed by atoms with Crippen LogP contribution in [0.5, 0.6) is 0 Å². The van der Waals surface area contributed by atoms with Gasteiger partial charge in [-0.05, 0) is 36.1 Å². The van der Waals surface area contributed by atoms with Gasteiger partial charge in [-0.25, -0.2) is 15.0 Å². The Balaban J connectivity index is 1.52. The fourth-order valence-corrected chi connectivity index (χ4v) is 4.08. The zero-order chi connectivity index (χ0) is 15.2. The summed E-state index contributed by atoms with van der Waals surface area (Å²) in [7, 11) is 0. The van der Waals surface area contributed by atoms with Crippen molar-refractivity contribution in [2.45, 2.75) is 31.7 Å². The molecule has 1 saturated carbocycles. The molecule has 0 amide bonds. The maximum absolute atomic E-state index is 4.81. The topological polar surface area (TPSA) is 63.1 Å². The number of hydrogen-bond acceptors (Lipinski definition) is 6. The van der Waals surface area contributed by atoms with E-state index in [1.165, 1.54) is 35.4 Å². The summed E-state index contributed by atoms with van der Waals surface area (Å²) < 4.78 is 0. The van der Waals surface area contributed by atoms with Crippen molar-refractivity contribution in [3.8, 4) is 0 Å². The summed E-state index contributed by atoms with van der Waals surface area (Å²) >= 11 is 1.70. The van der Waals surface area contributed by atoms with Crippen LogP contribution in [-0.2, 0) is 6.54 Å². The molecule has 0 bridgehead atoms. The van der Waals surface area contributed by atoms with Crippen molar-refractivity contribution in [2.24, 2.45) is 4.99 Å². The Morgan fingerprint density at radius 1 is 1.17 bits per heavy atom. The Hall–Kier alpha value is -2.34. The number of benzene rings is 1. The standard InChI is InChI=1S/C17H15N5S/c1-2-10(3-1)16-22-14-15(19-9-20-17(14)23-16)21-13-5-4-11-7-18-8-12(11)6-13/h4-6,8-10H,1-3,7H2,(H,19,20,21). The summed E-state index contributed by atoms with van der Waals surface area (Å²) in [6.45, 7) is 0.782. The first-order chi connectivity index (χ1) is 11.4. The third-order valence-corrected chi connectivity index (χ3v) is 5.69. The van der Waals surface area contributed by atoms with Crippen molar-refractivity contribution >= 4 is 39.4 Å². The van der Waals surface area contributed by atoms with Crippen molar-refractivity contribution in [3.63, 3.8) is 0 Å². The number of fused-ring (bicyclic) bond motifs is 2. The molecule has 1 fully saturated rings. The smallest absolute Gasteiger partial charge is 0.161 e. The van der Waals surface area contributed by atoms with Crippen LogP contribution in [-0.4, -0.2) is 21.2 Å². The van der Waals surface area contributed by atoms with E-state index in [1.807, 2.05) is 6.21 Å². The number of rotatable bonds is 3. The van der Waals surface area contributed by atoms with Gasteiger partial charge >= 0.3 is 0 Å². The van der Waals surface area contributed by atoms with Gasteiger partial charge in [0.1, 0.15) is 16.7 Å². The molecule has 23 heavy (non-hydrogen) atoms. The number of aliphatic imine (C=N–C) groups is 1. The highest BCUT2D eigenvalue weighted by Crippen LogP contribution is 2.40. The van der Waals surface area contributed by atoms with Gasteiger partial charge in [0, 0.05) is 17.8 Å². The third-order valence-electron chi connectivity index (χ3n) is 4.57.